The number of halogens is 1. The van der Waals surface area contributed by atoms with Crippen molar-refractivity contribution >= 4 is 23.2 Å². The Kier molecular flexibility index (Phi) is 6.68. The van der Waals surface area contributed by atoms with E-state index < -0.39 is 0 Å². The van der Waals surface area contributed by atoms with E-state index in [1.54, 1.807) is 0 Å². The van der Waals surface area contributed by atoms with E-state index in [2.05, 4.69) is 49.6 Å². The summed E-state index contributed by atoms with van der Waals surface area (Å²) < 4.78 is 0. The first kappa shape index (κ1) is 18.3. The number of benzene rings is 2. The molecule has 0 radical (unpaired) electrons. The third-order valence-electron chi connectivity index (χ3n) is 3.98. The molecule has 0 aliphatic heterocycles. The van der Waals surface area contributed by atoms with Crippen molar-refractivity contribution in [2.75, 3.05) is 18.4 Å². The zero-order chi connectivity index (χ0) is 17.5. The molecule has 0 aromatic heterocycles. The minimum atomic E-state index is -0.00464. The maximum Gasteiger partial charge on any atom is 0.239 e. The van der Waals surface area contributed by atoms with Gasteiger partial charge in [-0.15, -0.1) is 0 Å². The SMILES string of the molecule is Cc1cccc(C(C)C)c1NCC(=O)NCCc1cccc(Cl)c1. The van der Waals surface area contributed by atoms with Crippen molar-refractivity contribution in [3.63, 3.8) is 0 Å². The Balaban J connectivity index is 1.83. The van der Waals surface area contributed by atoms with E-state index in [0.717, 1.165) is 28.3 Å². The minimum Gasteiger partial charge on any atom is -0.376 e. The van der Waals surface area contributed by atoms with Crippen molar-refractivity contribution in [2.45, 2.75) is 33.1 Å². The molecule has 0 saturated heterocycles. The Bertz CT molecular complexity index is 698. The summed E-state index contributed by atoms with van der Waals surface area (Å²) in [6.07, 6.45) is 0.772. The van der Waals surface area contributed by atoms with Crippen LogP contribution < -0.4 is 10.6 Å². The maximum absolute atomic E-state index is 12.1. The number of rotatable bonds is 7. The first-order valence-electron chi connectivity index (χ1n) is 8.32. The molecule has 0 aliphatic carbocycles. The van der Waals surface area contributed by atoms with Crippen LogP contribution in [0, 0.1) is 6.92 Å². The lowest BCUT2D eigenvalue weighted by Gasteiger charge is -2.17. The van der Waals surface area contributed by atoms with E-state index in [4.69, 9.17) is 11.6 Å². The summed E-state index contributed by atoms with van der Waals surface area (Å²) in [5.41, 5.74) is 4.59. The Labute approximate surface area is 149 Å². The topological polar surface area (TPSA) is 41.1 Å². The molecular weight excluding hydrogens is 320 g/mol. The number of hydrogen-bond acceptors (Lipinski definition) is 2. The predicted molar refractivity (Wildman–Crippen MR) is 102 cm³/mol. The molecule has 0 heterocycles. The smallest absolute Gasteiger partial charge is 0.239 e. The first-order chi connectivity index (χ1) is 11.5. The van der Waals surface area contributed by atoms with Crippen LogP contribution in [-0.4, -0.2) is 19.0 Å². The Morgan fingerprint density at radius 1 is 1.17 bits per heavy atom. The highest BCUT2D eigenvalue weighted by Gasteiger charge is 2.10. The molecule has 2 aromatic rings. The predicted octanol–water partition coefficient (Wildman–Crippen LogP) is 4.54. The number of nitrogens with one attached hydrogen (secondary N) is 2. The third-order valence-corrected chi connectivity index (χ3v) is 4.21. The van der Waals surface area contributed by atoms with Gasteiger partial charge in [-0.2, -0.15) is 0 Å². The van der Waals surface area contributed by atoms with Crippen molar-refractivity contribution in [3.8, 4) is 0 Å². The van der Waals surface area contributed by atoms with Crippen molar-refractivity contribution in [3.05, 3.63) is 64.2 Å². The van der Waals surface area contributed by atoms with E-state index in [1.165, 1.54) is 5.56 Å². The summed E-state index contributed by atoms with van der Waals surface area (Å²) in [5, 5.41) is 6.96. The van der Waals surface area contributed by atoms with Crippen molar-refractivity contribution in [1.29, 1.82) is 0 Å². The Morgan fingerprint density at radius 3 is 2.62 bits per heavy atom. The van der Waals surface area contributed by atoms with Crippen LogP contribution >= 0.6 is 11.6 Å². The first-order valence-corrected chi connectivity index (χ1v) is 8.69. The number of aryl methyl sites for hydroxylation is 1. The Hall–Kier alpha value is -2.00. The molecule has 0 bridgehead atoms. The van der Waals surface area contributed by atoms with Crippen LogP contribution in [0.5, 0.6) is 0 Å². The van der Waals surface area contributed by atoms with Crippen molar-refractivity contribution in [1.82, 2.24) is 5.32 Å². The molecule has 4 heteroatoms. The molecule has 2 N–H and O–H groups in total. The zero-order valence-corrected chi connectivity index (χ0v) is 15.3. The highest BCUT2D eigenvalue weighted by molar-refractivity contribution is 6.30. The van der Waals surface area contributed by atoms with E-state index in [-0.39, 0.29) is 12.5 Å². The second kappa shape index (κ2) is 8.74. The van der Waals surface area contributed by atoms with Gasteiger partial charge in [0.25, 0.3) is 0 Å². The van der Waals surface area contributed by atoms with Gasteiger partial charge in [0.1, 0.15) is 0 Å². The fourth-order valence-corrected chi connectivity index (χ4v) is 2.90. The molecule has 0 atom stereocenters. The molecule has 1 amide bonds. The number of anilines is 1. The summed E-state index contributed by atoms with van der Waals surface area (Å²) >= 11 is 5.96. The van der Waals surface area contributed by atoms with Gasteiger partial charge in [-0.25, -0.2) is 0 Å². The Morgan fingerprint density at radius 2 is 1.92 bits per heavy atom. The van der Waals surface area contributed by atoms with Crippen LogP contribution in [0.25, 0.3) is 0 Å². The minimum absolute atomic E-state index is 0.00464. The van der Waals surface area contributed by atoms with Gasteiger partial charge in [-0.3, -0.25) is 4.79 Å². The summed E-state index contributed by atoms with van der Waals surface area (Å²) in [6, 6.07) is 13.9. The van der Waals surface area contributed by atoms with Gasteiger partial charge >= 0.3 is 0 Å². The number of hydrogen-bond donors (Lipinski definition) is 2. The number of carbonyl (C=O) groups excluding carboxylic acids is 1. The molecule has 0 fully saturated rings. The second-order valence-corrected chi connectivity index (χ2v) is 6.71. The van der Waals surface area contributed by atoms with E-state index in [1.807, 2.05) is 24.3 Å². The number of para-hydroxylation sites is 1. The summed E-state index contributed by atoms with van der Waals surface area (Å²) in [5.74, 6) is 0.410. The average Bonchev–Trinajstić information content (AvgIpc) is 2.53. The molecule has 0 spiro atoms. The van der Waals surface area contributed by atoms with Crippen LogP contribution in [0.15, 0.2) is 42.5 Å². The quantitative estimate of drug-likeness (QED) is 0.774. The standard InChI is InChI=1S/C20H25ClN2O/c1-14(2)18-9-4-6-15(3)20(18)23-13-19(24)22-11-10-16-7-5-8-17(21)12-16/h4-9,12,14,23H,10-11,13H2,1-3H3,(H,22,24). The molecule has 0 unspecified atom stereocenters. The molecule has 2 aromatic carbocycles. The van der Waals surface area contributed by atoms with Crippen LogP contribution in [0.1, 0.15) is 36.5 Å². The van der Waals surface area contributed by atoms with Crippen LogP contribution in [-0.2, 0) is 11.2 Å². The lowest BCUT2D eigenvalue weighted by atomic mass is 9.98. The zero-order valence-electron chi connectivity index (χ0n) is 14.5. The molecule has 0 saturated carbocycles. The summed E-state index contributed by atoms with van der Waals surface area (Å²) in [6.45, 7) is 7.26. The van der Waals surface area contributed by atoms with Gasteiger partial charge in [0, 0.05) is 17.3 Å². The normalized spacial score (nSPS) is 10.7. The van der Waals surface area contributed by atoms with Gasteiger partial charge < -0.3 is 10.6 Å². The highest BCUT2D eigenvalue weighted by Crippen LogP contribution is 2.27. The molecule has 3 nitrogen and oxygen atoms in total. The lowest BCUT2D eigenvalue weighted by molar-refractivity contribution is -0.119. The van der Waals surface area contributed by atoms with Gasteiger partial charge in [-0.1, -0.05) is 55.8 Å². The van der Waals surface area contributed by atoms with Gasteiger partial charge in [0.2, 0.25) is 5.91 Å². The summed E-state index contributed by atoms with van der Waals surface area (Å²) in [4.78, 5) is 12.1. The number of amides is 1. The van der Waals surface area contributed by atoms with Crippen LogP contribution in [0.3, 0.4) is 0 Å². The van der Waals surface area contributed by atoms with E-state index in [9.17, 15) is 4.79 Å². The average molecular weight is 345 g/mol. The molecule has 128 valence electrons. The molecule has 24 heavy (non-hydrogen) atoms. The third kappa shape index (κ3) is 5.27. The molecule has 0 aliphatic rings. The van der Waals surface area contributed by atoms with Crippen LogP contribution in [0.2, 0.25) is 5.02 Å². The largest absolute Gasteiger partial charge is 0.376 e. The van der Waals surface area contributed by atoms with Gasteiger partial charge in [-0.05, 0) is 48.1 Å². The molecule has 2 rings (SSSR count). The lowest BCUT2D eigenvalue weighted by Crippen LogP contribution is -2.31. The van der Waals surface area contributed by atoms with Gasteiger partial charge in [0.05, 0.1) is 6.54 Å². The second-order valence-electron chi connectivity index (χ2n) is 6.28. The maximum atomic E-state index is 12.1. The summed E-state index contributed by atoms with van der Waals surface area (Å²) in [7, 11) is 0. The van der Waals surface area contributed by atoms with E-state index in [0.29, 0.717) is 12.5 Å². The fraction of sp³-hybridized carbons (Fsp3) is 0.350. The fourth-order valence-electron chi connectivity index (χ4n) is 2.68. The number of carbonyl (C=O) groups is 1. The molecular formula is C20H25ClN2O. The van der Waals surface area contributed by atoms with E-state index >= 15 is 0 Å². The van der Waals surface area contributed by atoms with Crippen molar-refractivity contribution in [2.24, 2.45) is 0 Å². The highest BCUT2D eigenvalue weighted by atomic mass is 35.5. The van der Waals surface area contributed by atoms with Crippen molar-refractivity contribution < 1.29 is 4.79 Å². The monoisotopic (exact) mass is 344 g/mol. The van der Waals surface area contributed by atoms with Crippen LogP contribution in [0.4, 0.5) is 5.69 Å². The van der Waals surface area contributed by atoms with Gasteiger partial charge in [0.15, 0.2) is 0 Å².